The van der Waals surface area contributed by atoms with Crippen molar-refractivity contribution in [3.05, 3.63) is 51.5 Å². The summed E-state index contributed by atoms with van der Waals surface area (Å²) in [6.07, 6.45) is 1.34. The third-order valence-corrected chi connectivity index (χ3v) is 4.38. The van der Waals surface area contributed by atoms with Crippen LogP contribution in [-0.2, 0) is 27.5 Å². The van der Waals surface area contributed by atoms with Crippen LogP contribution >= 0.6 is 11.3 Å². The number of esters is 1. The number of aryl methyl sites for hydroxylation is 1. The molecule has 1 N–H and O–H groups in total. The average molecular weight is 372 g/mol. The fourth-order valence-electron chi connectivity index (χ4n) is 2.37. The van der Waals surface area contributed by atoms with Gasteiger partial charge in [-0.25, -0.2) is 9.97 Å². The van der Waals surface area contributed by atoms with Gasteiger partial charge in [0.2, 0.25) is 5.91 Å². The van der Waals surface area contributed by atoms with Crippen LogP contribution in [0.3, 0.4) is 0 Å². The molecule has 0 saturated carbocycles. The Morgan fingerprint density at radius 1 is 1.35 bits per heavy atom. The summed E-state index contributed by atoms with van der Waals surface area (Å²) < 4.78 is 6.36. The van der Waals surface area contributed by atoms with E-state index >= 15 is 0 Å². The molecule has 0 saturated heterocycles. The molecule has 0 bridgehead atoms. The van der Waals surface area contributed by atoms with Gasteiger partial charge in [-0.1, -0.05) is 12.1 Å². The lowest BCUT2D eigenvalue weighted by atomic mass is 10.1. The molecule has 1 aromatic carbocycles. The number of amides is 1. The van der Waals surface area contributed by atoms with Gasteiger partial charge in [-0.05, 0) is 18.6 Å². The van der Waals surface area contributed by atoms with Gasteiger partial charge in [-0.2, -0.15) is 0 Å². The lowest BCUT2D eigenvalue weighted by Crippen LogP contribution is -2.25. The number of nitrogens with one attached hydrogen (secondary N) is 1. The number of para-hydroxylation sites is 1. The summed E-state index contributed by atoms with van der Waals surface area (Å²) in [6.45, 7) is 2.98. The van der Waals surface area contributed by atoms with Crippen molar-refractivity contribution in [1.29, 1.82) is 0 Å². The smallest absolute Gasteiger partial charge is 0.326 e. The second-order valence-electron chi connectivity index (χ2n) is 5.63. The molecule has 3 rings (SSSR count). The van der Waals surface area contributed by atoms with E-state index in [1.165, 1.54) is 29.2 Å². The average Bonchev–Trinajstić information content (AvgIpc) is 3.03. The molecule has 1 amide bonds. The number of hydrogen-bond donors (Lipinski definition) is 1. The maximum Gasteiger partial charge on any atom is 0.326 e. The molecule has 9 heteroatoms. The highest BCUT2D eigenvalue weighted by Gasteiger charge is 2.11. The third-order valence-electron chi connectivity index (χ3n) is 3.57. The van der Waals surface area contributed by atoms with Gasteiger partial charge in [0.05, 0.1) is 22.9 Å². The van der Waals surface area contributed by atoms with Crippen LogP contribution in [0.4, 0.5) is 5.13 Å². The summed E-state index contributed by atoms with van der Waals surface area (Å²) in [6, 6.07) is 5.33. The fourth-order valence-corrected chi connectivity index (χ4v) is 3.11. The number of anilines is 1. The maximum absolute atomic E-state index is 12.5. The van der Waals surface area contributed by atoms with E-state index in [1.54, 1.807) is 17.5 Å². The van der Waals surface area contributed by atoms with Crippen LogP contribution in [0.1, 0.15) is 18.2 Å². The molecule has 0 radical (unpaired) electrons. The van der Waals surface area contributed by atoms with Crippen molar-refractivity contribution in [2.24, 2.45) is 0 Å². The summed E-state index contributed by atoms with van der Waals surface area (Å²) in [4.78, 5) is 43.8. The third kappa shape index (κ3) is 3.94. The summed E-state index contributed by atoms with van der Waals surface area (Å²) in [5, 5.41) is 5.14. The second kappa shape index (κ2) is 7.44. The molecule has 0 aliphatic carbocycles. The van der Waals surface area contributed by atoms with Crippen molar-refractivity contribution in [2.75, 3.05) is 5.32 Å². The molecule has 0 spiro atoms. The molecular weight excluding hydrogens is 356 g/mol. The topological polar surface area (TPSA) is 103 Å². The summed E-state index contributed by atoms with van der Waals surface area (Å²) >= 11 is 1.24. The first kappa shape index (κ1) is 17.7. The van der Waals surface area contributed by atoms with Crippen molar-refractivity contribution in [1.82, 2.24) is 14.5 Å². The lowest BCUT2D eigenvalue weighted by Gasteiger charge is -2.07. The Balaban J connectivity index is 1.66. The van der Waals surface area contributed by atoms with Crippen LogP contribution in [-0.4, -0.2) is 26.4 Å². The van der Waals surface area contributed by atoms with E-state index in [9.17, 15) is 14.4 Å². The van der Waals surface area contributed by atoms with Gasteiger partial charge in [0.25, 0.3) is 5.56 Å². The Hall–Kier alpha value is -3.07. The molecule has 0 fully saturated rings. The van der Waals surface area contributed by atoms with Crippen LogP contribution in [0.25, 0.3) is 10.9 Å². The van der Waals surface area contributed by atoms with E-state index in [0.717, 1.165) is 5.56 Å². The predicted octanol–water partition coefficient (Wildman–Crippen LogP) is 1.86. The van der Waals surface area contributed by atoms with Gasteiger partial charge in [0, 0.05) is 12.3 Å². The number of benzene rings is 1. The van der Waals surface area contributed by atoms with E-state index < -0.39 is 5.97 Å². The normalized spacial score (nSPS) is 10.7. The molecule has 0 aliphatic rings. The number of nitrogens with zero attached hydrogens (tertiary/aromatic N) is 3. The summed E-state index contributed by atoms with van der Waals surface area (Å²) in [5.41, 5.74) is 1.74. The Kier molecular flexibility index (Phi) is 5.08. The van der Waals surface area contributed by atoms with Gasteiger partial charge in [-0.15, -0.1) is 11.3 Å². The maximum atomic E-state index is 12.5. The molecule has 8 nitrogen and oxygen atoms in total. The predicted molar refractivity (Wildman–Crippen MR) is 97.0 cm³/mol. The first-order chi connectivity index (χ1) is 12.4. The Labute approximate surface area is 152 Å². The molecule has 0 unspecified atom stereocenters. The van der Waals surface area contributed by atoms with E-state index in [1.807, 2.05) is 13.0 Å². The molecule has 0 atom stereocenters. The summed E-state index contributed by atoms with van der Waals surface area (Å²) in [7, 11) is 0. The second-order valence-corrected chi connectivity index (χ2v) is 6.49. The van der Waals surface area contributed by atoms with Crippen molar-refractivity contribution in [3.8, 4) is 0 Å². The molecule has 3 aromatic rings. The minimum Gasteiger partial charge on any atom is -0.458 e. The number of carbonyl (C=O) groups is 2. The van der Waals surface area contributed by atoms with Gasteiger partial charge in [0.15, 0.2) is 5.13 Å². The molecule has 2 heterocycles. The lowest BCUT2D eigenvalue weighted by molar-refractivity contribution is -0.145. The largest absolute Gasteiger partial charge is 0.458 e. The monoisotopic (exact) mass is 372 g/mol. The Morgan fingerprint density at radius 3 is 2.92 bits per heavy atom. The molecular formula is C17H16N4O4S. The SMILES string of the molecule is CC(=O)Nc1nc(COC(=O)Cn2cnc3c(C)cccc3c2=O)cs1. The van der Waals surface area contributed by atoms with Gasteiger partial charge >= 0.3 is 5.97 Å². The molecule has 134 valence electrons. The molecule has 0 aliphatic heterocycles. The number of aromatic nitrogens is 3. The highest BCUT2D eigenvalue weighted by Crippen LogP contribution is 2.16. The number of ether oxygens (including phenoxy) is 1. The zero-order chi connectivity index (χ0) is 18.7. The van der Waals surface area contributed by atoms with Crippen molar-refractivity contribution in [2.45, 2.75) is 27.0 Å². The van der Waals surface area contributed by atoms with Crippen LogP contribution < -0.4 is 10.9 Å². The standard InChI is InChI=1S/C17H16N4O4S/c1-10-4-3-5-13-15(10)18-9-21(16(13)24)6-14(23)25-7-12-8-26-17(20-12)19-11(2)22/h3-5,8-9H,6-7H2,1-2H3,(H,19,20,22). The number of thiazole rings is 1. The van der Waals surface area contributed by atoms with Crippen molar-refractivity contribution in [3.63, 3.8) is 0 Å². The van der Waals surface area contributed by atoms with Crippen molar-refractivity contribution < 1.29 is 14.3 Å². The zero-order valence-electron chi connectivity index (χ0n) is 14.2. The highest BCUT2D eigenvalue weighted by molar-refractivity contribution is 7.13. The van der Waals surface area contributed by atoms with E-state index in [0.29, 0.717) is 21.7 Å². The van der Waals surface area contributed by atoms with Gasteiger partial charge in [-0.3, -0.25) is 19.0 Å². The minimum absolute atomic E-state index is 0.0379. The number of carbonyl (C=O) groups excluding carboxylic acids is 2. The fraction of sp³-hybridized carbons (Fsp3) is 0.235. The van der Waals surface area contributed by atoms with E-state index in [2.05, 4.69) is 15.3 Å². The molecule has 2 aromatic heterocycles. The zero-order valence-corrected chi connectivity index (χ0v) is 15.0. The van der Waals surface area contributed by atoms with E-state index in [4.69, 9.17) is 4.74 Å². The van der Waals surface area contributed by atoms with Crippen LogP contribution in [0.2, 0.25) is 0 Å². The van der Waals surface area contributed by atoms with Crippen LogP contribution in [0, 0.1) is 6.92 Å². The first-order valence-corrected chi connectivity index (χ1v) is 8.64. The Bertz CT molecular complexity index is 1040. The molecule has 26 heavy (non-hydrogen) atoms. The van der Waals surface area contributed by atoms with Crippen LogP contribution in [0.5, 0.6) is 0 Å². The minimum atomic E-state index is -0.574. The Morgan fingerprint density at radius 2 is 2.15 bits per heavy atom. The van der Waals surface area contributed by atoms with Gasteiger partial charge in [0.1, 0.15) is 13.2 Å². The van der Waals surface area contributed by atoms with Crippen molar-refractivity contribution >= 4 is 39.2 Å². The number of hydrogen-bond acceptors (Lipinski definition) is 7. The highest BCUT2D eigenvalue weighted by atomic mass is 32.1. The number of fused-ring (bicyclic) bond motifs is 1. The van der Waals surface area contributed by atoms with Crippen LogP contribution in [0.15, 0.2) is 34.7 Å². The number of rotatable bonds is 5. The van der Waals surface area contributed by atoms with Gasteiger partial charge < -0.3 is 10.1 Å². The first-order valence-electron chi connectivity index (χ1n) is 7.76. The quantitative estimate of drug-likeness (QED) is 0.686. The summed E-state index contributed by atoms with van der Waals surface area (Å²) in [5.74, 6) is -0.795. The van der Waals surface area contributed by atoms with E-state index in [-0.39, 0.29) is 24.6 Å².